The van der Waals surface area contributed by atoms with Crippen LogP contribution in [-0.4, -0.2) is 17.3 Å². The molecule has 94 valence electrons. The van der Waals surface area contributed by atoms with Crippen molar-refractivity contribution in [1.82, 2.24) is 0 Å². The van der Waals surface area contributed by atoms with Crippen LogP contribution in [-0.2, 0) is 12.8 Å². The predicted molar refractivity (Wildman–Crippen MR) is 52.0 cm³/mol. The van der Waals surface area contributed by atoms with E-state index in [4.69, 9.17) is 9.52 Å². The summed E-state index contributed by atoms with van der Waals surface area (Å²) in [4.78, 5) is 10.8. The fourth-order valence-electron chi connectivity index (χ4n) is 2.23. The van der Waals surface area contributed by atoms with E-state index in [1.807, 2.05) is 0 Å². The molecule has 1 aromatic heterocycles. The van der Waals surface area contributed by atoms with E-state index >= 15 is 0 Å². The van der Waals surface area contributed by atoms with Gasteiger partial charge in [-0.2, -0.15) is 13.2 Å². The summed E-state index contributed by atoms with van der Waals surface area (Å²) in [5.74, 6) is -2.73. The van der Waals surface area contributed by atoms with Crippen molar-refractivity contribution in [2.75, 3.05) is 0 Å². The molecule has 0 bridgehead atoms. The van der Waals surface area contributed by atoms with Gasteiger partial charge in [0.15, 0.2) is 0 Å². The molecule has 1 heterocycles. The Balaban J connectivity index is 2.34. The van der Waals surface area contributed by atoms with Gasteiger partial charge in [0.05, 0.1) is 5.92 Å². The number of alkyl halides is 3. The third-order valence-electron chi connectivity index (χ3n) is 3.19. The normalized spacial score (nSPS) is 20.1. The smallest absolute Gasteiger partial charge is 0.392 e. The number of carboxylic acid groups (broad SMARTS) is 1. The Hall–Kier alpha value is -1.46. The minimum absolute atomic E-state index is 0.00404. The maximum atomic E-state index is 12.5. The first-order valence-electron chi connectivity index (χ1n) is 5.22. The number of halogens is 3. The van der Waals surface area contributed by atoms with Gasteiger partial charge in [0.25, 0.3) is 0 Å². The van der Waals surface area contributed by atoms with Crippen molar-refractivity contribution in [3.05, 3.63) is 22.6 Å². The van der Waals surface area contributed by atoms with E-state index in [1.54, 1.807) is 6.92 Å². The second kappa shape index (κ2) is 3.78. The first kappa shape index (κ1) is 12.0. The van der Waals surface area contributed by atoms with Gasteiger partial charge in [-0.3, -0.25) is 0 Å². The van der Waals surface area contributed by atoms with Crippen LogP contribution in [0.1, 0.15) is 33.9 Å². The highest BCUT2D eigenvalue weighted by atomic mass is 19.4. The fraction of sp³-hybridized carbons (Fsp3) is 0.545. The van der Waals surface area contributed by atoms with E-state index < -0.39 is 18.1 Å². The van der Waals surface area contributed by atoms with Crippen molar-refractivity contribution in [3.8, 4) is 0 Å². The number of carbonyl (C=O) groups is 1. The van der Waals surface area contributed by atoms with E-state index in [2.05, 4.69) is 0 Å². The number of hydrogen-bond donors (Lipinski definition) is 1. The molecule has 0 radical (unpaired) electrons. The lowest BCUT2D eigenvalue weighted by Gasteiger charge is -2.23. The molecule has 1 aliphatic carbocycles. The Morgan fingerprint density at radius 1 is 1.47 bits per heavy atom. The van der Waals surface area contributed by atoms with E-state index in [-0.39, 0.29) is 30.8 Å². The number of hydrogen-bond acceptors (Lipinski definition) is 2. The molecule has 17 heavy (non-hydrogen) atoms. The summed E-state index contributed by atoms with van der Waals surface area (Å²) in [6.07, 6.45) is -4.28. The van der Waals surface area contributed by atoms with Crippen LogP contribution in [0.5, 0.6) is 0 Å². The molecule has 3 nitrogen and oxygen atoms in total. The van der Waals surface area contributed by atoms with Gasteiger partial charge in [0.2, 0.25) is 5.76 Å². The van der Waals surface area contributed by atoms with Crippen LogP contribution in [0.4, 0.5) is 13.2 Å². The molecule has 0 saturated carbocycles. The quantitative estimate of drug-likeness (QED) is 0.831. The highest BCUT2D eigenvalue weighted by Gasteiger charge is 2.43. The topological polar surface area (TPSA) is 50.4 Å². The van der Waals surface area contributed by atoms with Crippen molar-refractivity contribution < 1.29 is 27.5 Å². The zero-order valence-corrected chi connectivity index (χ0v) is 9.10. The molecular formula is C11H11F3O3. The molecule has 0 fully saturated rings. The molecule has 6 heteroatoms. The average molecular weight is 248 g/mol. The first-order chi connectivity index (χ1) is 7.80. The van der Waals surface area contributed by atoms with Gasteiger partial charge in [-0.15, -0.1) is 0 Å². The third kappa shape index (κ3) is 2.03. The molecule has 1 N–H and O–H groups in total. The molecule has 0 spiro atoms. The Bertz CT molecular complexity index is 459. The van der Waals surface area contributed by atoms with Gasteiger partial charge < -0.3 is 9.52 Å². The number of carboxylic acids is 1. The zero-order valence-electron chi connectivity index (χ0n) is 9.10. The van der Waals surface area contributed by atoms with Crippen LogP contribution in [0.2, 0.25) is 0 Å². The van der Waals surface area contributed by atoms with Gasteiger partial charge in [-0.25, -0.2) is 4.79 Å². The molecular weight excluding hydrogens is 237 g/mol. The van der Waals surface area contributed by atoms with Crippen LogP contribution in [0.15, 0.2) is 4.42 Å². The minimum atomic E-state index is -4.25. The summed E-state index contributed by atoms with van der Waals surface area (Å²) in [6, 6.07) is 0. The summed E-state index contributed by atoms with van der Waals surface area (Å²) < 4.78 is 42.7. The van der Waals surface area contributed by atoms with E-state index in [1.165, 1.54) is 0 Å². The zero-order chi connectivity index (χ0) is 12.8. The monoisotopic (exact) mass is 248 g/mol. The summed E-state index contributed by atoms with van der Waals surface area (Å²) in [6.45, 7) is 1.57. The number of furan rings is 1. The lowest BCUT2D eigenvalue weighted by atomic mass is 9.86. The van der Waals surface area contributed by atoms with E-state index in [0.717, 1.165) is 0 Å². The number of fused-ring (bicyclic) bond motifs is 1. The maximum absolute atomic E-state index is 12.5. The highest BCUT2D eigenvalue weighted by molar-refractivity contribution is 5.86. The van der Waals surface area contributed by atoms with Gasteiger partial charge >= 0.3 is 12.1 Å². The lowest BCUT2D eigenvalue weighted by molar-refractivity contribution is -0.178. The van der Waals surface area contributed by atoms with Gasteiger partial charge in [-0.05, 0) is 25.3 Å². The molecule has 0 amide bonds. The van der Waals surface area contributed by atoms with Crippen molar-refractivity contribution >= 4 is 5.97 Å². The fourth-order valence-corrected chi connectivity index (χ4v) is 2.23. The number of rotatable bonds is 1. The Kier molecular flexibility index (Phi) is 2.67. The van der Waals surface area contributed by atoms with Crippen molar-refractivity contribution in [2.45, 2.75) is 32.4 Å². The molecule has 0 aliphatic heterocycles. The molecule has 0 aromatic carbocycles. The summed E-state index contributed by atoms with van der Waals surface area (Å²) >= 11 is 0. The van der Waals surface area contributed by atoms with Crippen LogP contribution in [0.3, 0.4) is 0 Å². The van der Waals surface area contributed by atoms with E-state index in [0.29, 0.717) is 11.1 Å². The second-order valence-electron chi connectivity index (χ2n) is 4.24. The Morgan fingerprint density at radius 2 is 2.12 bits per heavy atom. The van der Waals surface area contributed by atoms with Crippen LogP contribution in [0, 0.1) is 12.8 Å². The predicted octanol–water partition coefficient (Wildman–Crippen LogP) is 2.95. The highest BCUT2D eigenvalue weighted by Crippen LogP contribution is 2.39. The molecule has 1 aromatic rings. The molecule has 1 atom stereocenters. The van der Waals surface area contributed by atoms with Crippen molar-refractivity contribution in [2.24, 2.45) is 5.92 Å². The number of aromatic carboxylic acids is 1. The largest absolute Gasteiger partial charge is 0.475 e. The summed E-state index contributed by atoms with van der Waals surface area (Å²) in [5.41, 5.74) is 1.08. The van der Waals surface area contributed by atoms with E-state index in [9.17, 15) is 18.0 Å². The molecule has 0 saturated heterocycles. The average Bonchev–Trinajstić information content (AvgIpc) is 2.54. The second-order valence-corrected chi connectivity index (χ2v) is 4.24. The molecule has 1 unspecified atom stereocenters. The van der Waals surface area contributed by atoms with Gasteiger partial charge in [0, 0.05) is 12.0 Å². The van der Waals surface area contributed by atoms with Gasteiger partial charge in [-0.1, -0.05) is 0 Å². The van der Waals surface area contributed by atoms with Crippen LogP contribution in [0.25, 0.3) is 0 Å². The van der Waals surface area contributed by atoms with Crippen molar-refractivity contribution in [3.63, 3.8) is 0 Å². The summed E-state index contributed by atoms with van der Waals surface area (Å²) in [5, 5.41) is 8.82. The lowest BCUT2D eigenvalue weighted by Crippen LogP contribution is -2.28. The SMILES string of the molecule is Cc1c(C(=O)O)oc2c1CCC(C(F)(F)F)C2. The van der Waals surface area contributed by atoms with Crippen molar-refractivity contribution in [1.29, 1.82) is 0 Å². The van der Waals surface area contributed by atoms with Crippen LogP contribution < -0.4 is 0 Å². The van der Waals surface area contributed by atoms with Gasteiger partial charge in [0.1, 0.15) is 5.76 Å². The molecule has 1 aliphatic rings. The van der Waals surface area contributed by atoms with Crippen LogP contribution >= 0.6 is 0 Å². The standard InChI is InChI=1S/C11H11F3O3/c1-5-7-3-2-6(11(12,13)14)4-8(7)17-9(5)10(15)16/h6H,2-4H2,1H3,(H,15,16). The summed E-state index contributed by atoms with van der Waals surface area (Å²) in [7, 11) is 0. The molecule has 2 rings (SSSR count). The Labute approximate surface area is 95.2 Å². The third-order valence-corrected chi connectivity index (χ3v) is 3.19. The Morgan fingerprint density at radius 3 is 2.65 bits per heavy atom. The maximum Gasteiger partial charge on any atom is 0.392 e. The minimum Gasteiger partial charge on any atom is -0.475 e. The first-order valence-corrected chi connectivity index (χ1v) is 5.22.